The van der Waals surface area contributed by atoms with Crippen LogP contribution in [0.5, 0.6) is 5.88 Å². The van der Waals surface area contributed by atoms with Crippen molar-refractivity contribution >= 4 is 5.91 Å². The highest BCUT2D eigenvalue weighted by atomic mass is 19.1. The average Bonchev–Trinajstić information content (AvgIpc) is 2.85. The maximum atomic E-state index is 13.5. The third-order valence-corrected chi connectivity index (χ3v) is 2.92. The molecule has 0 atom stereocenters. The van der Waals surface area contributed by atoms with Gasteiger partial charge in [-0.15, -0.1) is 0 Å². The summed E-state index contributed by atoms with van der Waals surface area (Å²) in [5.74, 6) is -0.163. The lowest BCUT2D eigenvalue weighted by Crippen LogP contribution is -2.29. The largest absolute Gasteiger partial charge is 0.481 e. The first-order valence-corrected chi connectivity index (χ1v) is 5.67. The maximum absolute atomic E-state index is 13.5. The molecule has 1 fully saturated rings. The van der Waals surface area contributed by atoms with Crippen LogP contribution >= 0.6 is 0 Å². The lowest BCUT2D eigenvalue weighted by molar-refractivity contribution is -0.129. The molecule has 2 rings (SSSR count). The zero-order valence-electron chi connectivity index (χ0n) is 9.78. The monoisotopic (exact) mass is 238 g/mol. The van der Waals surface area contributed by atoms with Gasteiger partial charge < -0.3 is 9.64 Å². The topological polar surface area (TPSA) is 42.4 Å². The molecule has 0 unspecified atom stereocenters. The van der Waals surface area contributed by atoms with Crippen LogP contribution in [0.25, 0.3) is 0 Å². The molecule has 1 amide bonds. The number of hydrogen-bond acceptors (Lipinski definition) is 3. The van der Waals surface area contributed by atoms with Crippen LogP contribution in [0.4, 0.5) is 4.39 Å². The van der Waals surface area contributed by atoms with Crippen LogP contribution in [-0.2, 0) is 11.2 Å². The minimum Gasteiger partial charge on any atom is -0.481 e. The Morgan fingerprint density at radius 2 is 2.24 bits per heavy atom. The van der Waals surface area contributed by atoms with E-state index in [1.54, 1.807) is 4.90 Å². The first-order chi connectivity index (χ1) is 8.20. The highest BCUT2D eigenvalue weighted by Crippen LogP contribution is 2.16. The number of hydrogen-bond donors (Lipinski definition) is 0. The predicted molar refractivity (Wildman–Crippen MR) is 60.3 cm³/mol. The summed E-state index contributed by atoms with van der Waals surface area (Å²) < 4.78 is 18.4. The summed E-state index contributed by atoms with van der Waals surface area (Å²) in [6, 6.07) is 1.48. The van der Waals surface area contributed by atoms with Gasteiger partial charge in [0.25, 0.3) is 0 Å². The fourth-order valence-corrected chi connectivity index (χ4v) is 1.95. The van der Waals surface area contributed by atoms with E-state index >= 15 is 0 Å². The molecule has 1 aliphatic heterocycles. The number of pyridine rings is 1. The highest BCUT2D eigenvalue weighted by molar-refractivity contribution is 5.79. The van der Waals surface area contributed by atoms with Crippen molar-refractivity contribution in [2.24, 2.45) is 0 Å². The van der Waals surface area contributed by atoms with Crippen LogP contribution in [0.2, 0.25) is 0 Å². The highest BCUT2D eigenvalue weighted by Gasteiger charge is 2.19. The van der Waals surface area contributed by atoms with Crippen molar-refractivity contribution in [3.63, 3.8) is 0 Å². The van der Waals surface area contributed by atoms with E-state index in [9.17, 15) is 9.18 Å². The molecular weight excluding hydrogens is 223 g/mol. The summed E-state index contributed by atoms with van der Waals surface area (Å²) in [4.78, 5) is 17.4. The first kappa shape index (κ1) is 11.8. The van der Waals surface area contributed by atoms with Gasteiger partial charge in [0.1, 0.15) is 5.82 Å². The van der Waals surface area contributed by atoms with Crippen LogP contribution in [0.1, 0.15) is 18.4 Å². The third-order valence-electron chi connectivity index (χ3n) is 2.92. The molecule has 0 radical (unpaired) electrons. The number of ether oxygens (including phenoxy) is 1. The molecule has 0 bridgehead atoms. The van der Waals surface area contributed by atoms with Crippen molar-refractivity contribution in [2.75, 3.05) is 20.2 Å². The zero-order chi connectivity index (χ0) is 12.3. The zero-order valence-corrected chi connectivity index (χ0v) is 9.78. The molecule has 0 aliphatic carbocycles. The fourth-order valence-electron chi connectivity index (χ4n) is 1.95. The third kappa shape index (κ3) is 2.72. The summed E-state index contributed by atoms with van der Waals surface area (Å²) in [5.41, 5.74) is 0.341. The molecule has 1 aliphatic rings. The number of amides is 1. The quantitative estimate of drug-likeness (QED) is 0.799. The van der Waals surface area contributed by atoms with E-state index in [0.717, 1.165) is 32.1 Å². The van der Waals surface area contributed by atoms with E-state index < -0.39 is 5.82 Å². The van der Waals surface area contributed by atoms with Gasteiger partial charge in [0.05, 0.1) is 19.7 Å². The van der Waals surface area contributed by atoms with Gasteiger partial charge in [-0.2, -0.15) is 0 Å². The van der Waals surface area contributed by atoms with E-state index in [-0.39, 0.29) is 12.3 Å². The molecule has 1 aromatic heterocycles. The van der Waals surface area contributed by atoms with Crippen LogP contribution in [0, 0.1) is 5.82 Å². The van der Waals surface area contributed by atoms with Gasteiger partial charge in [-0.05, 0) is 12.8 Å². The van der Waals surface area contributed by atoms with Crippen LogP contribution < -0.4 is 4.74 Å². The van der Waals surface area contributed by atoms with Gasteiger partial charge in [0, 0.05) is 24.7 Å². The first-order valence-electron chi connectivity index (χ1n) is 5.67. The molecule has 0 aromatic carbocycles. The van der Waals surface area contributed by atoms with E-state index in [2.05, 4.69) is 4.98 Å². The molecule has 1 aromatic rings. The molecule has 92 valence electrons. The van der Waals surface area contributed by atoms with Gasteiger partial charge >= 0.3 is 0 Å². The van der Waals surface area contributed by atoms with E-state index in [0.29, 0.717) is 11.4 Å². The maximum Gasteiger partial charge on any atom is 0.227 e. The molecule has 0 spiro atoms. The van der Waals surface area contributed by atoms with Gasteiger partial charge in [0.2, 0.25) is 11.8 Å². The number of aromatic nitrogens is 1. The summed E-state index contributed by atoms with van der Waals surface area (Å²) in [5, 5.41) is 0. The molecule has 0 N–H and O–H groups in total. The summed E-state index contributed by atoms with van der Waals surface area (Å²) >= 11 is 0. The van der Waals surface area contributed by atoms with Crippen LogP contribution in [0.15, 0.2) is 12.3 Å². The Labute approximate surface area is 99.4 Å². The normalized spacial score (nSPS) is 15.1. The summed E-state index contributed by atoms with van der Waals surface area (Å²) in [7, 11) is 1.46. The Balaban J connectivity index is 2.09. The molecule has 2 heterocycles. The van der Waals surface area contributed by atoms with E-state index in [1.165, 1.54) is 13.2 Å². The summed E-state index contributed by atoms with van der Waals surface area (Å²) in [6.07, 6.45) is 3.23. The molecular formula is C12H15FN2O2. The van der Waals surface area contributed by atoms with Crippen molar-refractivity contribution < 1.29 is 13.9 Å². The van der Waals surface area contributed by atoms with Crippen LogP contribution in [0.3, 0.4) is 0 Å². The number of halogens is 1. The molecule has 5 heteroatoms. The lowest BCUT2D eigenvalue weighted by atomic mass is 10.1. The SMILES string of the molecule is COc1cc(CC(=O)N2CCCC2)c(F)cn1. The standard InChI is InChI=1S/C12H15FN2O2/c1-17-11-6-9(10(13)8-14-11)7-12(16)15-4-2-3-5-15/h6,8H,2-5,7H2,1H3. The van der Waals surface area contributed by atoms with Gasteiger partial charge in [-0.25, -0.2) is 9.37 Å². The number of carbonyl (C=O) groups is 1. The van der Waals surface area contributed by atoms with Gasteiger partial charge in [-0.1, -0.05) is 0 Å². The number of methoxy groups -OCH3 is 1. The van der Waals surface area contributed by atoms with Crippen molar-refractivity contribution in [1.29, 1.82) is 0 Å². The predicted octanol–water partition coefficient (Wildman–Crippen LogP) is 1.39. The minimum absolute atomic E-state index is 0.0327. The second-order valence-electron chi connectivity index (χ2n) is 4.08. The van der Waals surface area contributed by atoms with Crippen molar-refractivity contribution in [3.8, 4) is 5.88 Å². The van der Waals surface area contributed by atoms with Gasteiger partial charge in [0.15, 0.2) is 0 Å². The molecule has 0 saturated carbocycles. The van der Waals surface area contributed by atoms with Gasteiger partial charge in [-0.3, -0.25) is 4.79 Å². The van der Waals surface area contributed by atoms with Crippen LogP contribution in [-0.4, -0.2) is 36.0 Å². The Hall–Kier alpha value is -1.65. The number of rotatable bonds is 3. The number of carbonyl (C=O) groups excluding carboxylic acids is 1. The van der Waals surface area contributed by atoms with E-state index in [4.69, 9.17) is 4.74 Å². The summed E-state index contributed by atoms with van der Waals surface area (Å²) in [6.45, 7) is 1.56. The second kappa shape index (κ2) is 5.12. The Kier molecular flexibility index (Phi) is 3.56. The molecule has 4 nitrogen and oxygen atoms in total. The number of nitrogens with zero attached hydrogens (tertiary/aromatic N) is 2. The van der Waals surface area contributed by atoms with Crippen molar-refractivity contribution in [2.45, 2.75) is 19.3 Å². The van der Waals surface area contributed by atoms with E-state index in [1.807, 2.05) is 0 Å². The fraction of sp³-hybridized carbons (Fsp3) is 0.500. The minimum atomic E-state index is -0.460. The smallest absolute Gasteiger partial charge is 0.227 e. The Morgan fingerprint density at radius 3 is 2.88 bits per heavy atom. The number of likely N-dealkylation sites (tertiary alicyclic amines) is 1. The van der Waals surface area contributed by atoms with Crippen molar-refractivity contribution in [1.82, 2.24) is 9.88 Å². The second-order valence-corrected chi connectivity index (χ2v) is 4.08. The molecule has 1 saturated heterocycles. The lowest BCUT2D eigenvalue weighted by Gasteiger charge is -2.15. The molecule has 17 heavy (non-hydrogen) atoms. The average molecular weight is 238 g/mol. The Morgan fingerprint density at radius 1 is 1.53 bits per heavy atom. The van der Waals surface area contributed by atoms with Crippen molar-refractivity contribution in [3.05, 3.63) is 23.6 Å². The Bertz CT molecular complexity index is 417.